The van der Waals surface area contributed by atoms with Gasteiger partial charge in [0.15, 0.2) is 0 Å². The largest absolute Gasteiger partial charge is 0.351 e. The minimum Gasteiger partial charge on any atom is -0.351 e. The Bertz CT molecular complexity index is 929. The van der Waals surface area contributed by atoms with E-state index < -0.39 is 10.0 Å². The monoisotopic (exact) mass is 438 g/mol. The van der Waals surface area contributed by atoms with Crippen molar-refractivity contribution >= 4 is 39.3 Å². The van der Waals surface area contributed by atoms with Crippen LogP contribution in [0.5, 0.6) is 0 Å². The van der Waals surface area contributed by atoms with Crippen LogP contribution in [0.4, 0.5) is 0 Å². The SMILES string of the molecule is O=C(NCCSCc1cccc(Cl)c1)c1cccc(S(=O)(=O)N2CCCC2)c1. The van der Waals surface area contributed by atoms with Crippen molar-refractivity contribution < 1.29 is 13.2 Å². The van der Waals surface area contributed by atoms with Gasteiger partial charge in [-0.15, -0.1) is 0 Å². The maximum absolute atomic E-state index is 12.6. The van der Waals surface area contributed by atoms with E-state index >= 15 is 0 Å². The number of hydrogen-bond donors (Lipinski definition) is 1. The molecule has 0 unspecified atom stereocenters. The Morgan fingerprint density at radius 2 is 1.86 bits per heavy atom. The average molecular weight is 439 g/mol. The van der Waals surface area contributed by atoms with Crippen molar-refractivity contribution in [2.75, 3.05) is 25.4 Å². The van der Waals surface area contributed by atoms with Crippen LogP contribution in [0.2, 0.25) is 5.02 Å². The number of benzene rings is 2. The number of rotatable bonds is 8. The lowest BCUT2D eigenvalue weighted by Gasteiger charge is -2.16. The minimum absolute atomic E-state index is 0.178. The molecule has 28 heavy (non-hydrogen) atoms. The first-order chi connectivity index (χ1) is 13.5. The normalized spacial score (nSPS) is 14.9. The fourth-order valence-electron chi connectivity index (χ4n) is 3.03. The average Bonchev–Trinajstić information content (AvgIpc) is 3.23. The van der Waals surface area contributed by atoms with Crippen LogP contribution in [0.25, 0.3) is 0 Å². The lowest BCUT2D eigenvalue weighted by molar-refractivity contribution is 0.0956. The van der Waals surface area contributed by atoms with Crippen LogP contribution >= 0.6 is 23.4 Å². The van der Waals surface area contributed by atoms with Gasteiger partial charge in [-0.05, 0) is 48.7 Å². The van der Waals surface area contributed by atoms with E-state index in [-0.39, 0.29) is 10.8 Å². The molecule has 8 heteroatoms. The summed E-state index contributed by atoms with van der Waals surface area (Å²) in [5.74, 6) is 1.31. The fraction of sp³-hybridized carbons (Fsp3) is 0.350. The van der Waals surface area contributed by atoms with Gasteiger partial charge < -0.3 is 5.32 Å². The summed E-state index contributed by atoms with van der Waals surface area (Å²) in [4.78, 5) is 12.6. The number of carbonyl (C=O) groups excluding carboxylic acids is 1. The zero-order chi connectivity index (χ0) is 20.0. The van der Waals surface area contributed by atoms with Gasteiger partial charge in [0.25, 0.3) is 5.91 Å². The third-order valence-electron chi connectivity index (χ3n) is 4.49. The number of thioether (sulfide) groups is 1. The first-order valence-electron chi connectivity index (χ1n) is 9.17. The Labute approximate surface area is 175 Å². The molecule has 2 aromatic carbocycles. The van der Waals surface area contributed by atoms with E-state index in [1.807, 2.05) is 24.3 Å². The first kappa shape index (κ1) is 21.2. The first-order valence-corrected chi connectivity index (χ1v) is 12.1. The summed E-state index contributed by atoms with van der Waals surface area (Å²) in [7, 11) is -3.52. The van der Waals surface area contributed by atoms with E-state index in [4.69, 9.17) is 11.6 Å². The number of halogens is 1. The van der Waals surface area contributed by atoms with Crippen molar-refractivity contribution in [1.82, 2.24) is 9.62 Å². The Hall–Kier alpha value is -1.54. The van der Waals surface area contributed by atoms with E-state index in [9.17, 15) is 13.2 Å². The van der Waals surface area contributed by atoms with Crippen molar-refractivity contribution in [2.24, 2.45) is 0 Å². The molecule has 1 saturated heterocycles. The maximum atomic E-state index is 12.6. The molecule has 2 aromatic rings. The predicted molar refractivity (Wildman–Crippen MR) is 114 cm³/mol. The molecule has 1 aliphatic heterocycles. The molecule has 0 radical (unpaired) electrons. The van der Waals surface area contributed by atoms with Gasteiger partial charge in [0.2, 0.25) is 10.0 Å². The van der Waals surface area contributed by atoms with Crippen molar-refractivity contribution in [3.63, 3.8) is 0 Å². The molecule has 1 amide bonds. The van der Waals surface area contributed by atoms with Crippen LogP contribution in [0.1, 0.15) is 28.8 Å². The van der Waals surface area contributed by atoms with Gasteiger partial charge in [-0.1, -0.05) is 29.8 Å². The number of sulfonamides is 1. The van der Waals surface area contributed by atoms with Crippen LogP contribution in [-0.2, 0) is 15.8 Å². The van der Waals surface area contributed by atoms with Crippen LogP contribution in [0, 0.1) is 0 Å². The number of hydrogen-bond acceptors (Lipinski definition) is 4. The molecular formula is C20H23ClN2O3S2. The second kappa shape index (κ2) is 9.78. The molecule has 5 nitrogen and oxygen atoms in total. The van der Waals surface area contributed by atoms with Crippen molar-refractivity contribution in [3.8, 4) is 0 Å². The van der Waals surface area contributed by atoms with E-state index in [0.29, 0.717) is 25.2 Å². The third kappa shape index (κ3) is 5.50. The summed E-state index contributed by atoms with van der Waals surface area (Å²) in [6.45, 7) is 1.60. The number of carbonyl (C=O) groups is 1. The highest BCUT2D eigenvalue weighted by atomic mass is 35.5. The smallest absolute Gasteiger partial charge is 0.251 e. The third-order valence-corrected chi connectivity index (χ3v) is 7.65. The van der Waals surface area contributed by atoms with Crippen molar-refractivity contribution in [3.05, 3.63) is 64.7 Å². The van der Waals surface area contributed by atoms with Gasteiger partial charge in [-0.3, -0.25) is 4.79 Å². The van der Waals surface area contributed by atoms with Gasteiger partial charge in [-0.2, -0.15) is 16.1 Å². The Kier molecular flexibility index (Phi) is 7.40. The van der Waals surface area contributed by atoms with E-state index in [0.717, 1.165) is 34.9 Å². The van der Waals surface area contributed by atoms with Gasteiger partial charge in [-0.25, -0.2) is 8.42 Å². The van der Waals surface area contributed by atoms with Crippen molar-refractivity contribution in [2.45, 2.75) is 23.5 Å². The molecule has 0 atom stereocenters. The minimum atomic E-state index is -3.52. The molecular weight excluding hydrogens is 416 g/mol. The summed E-state index contributed by atoms with van der Waals surface area (Å²) >= 11 is 7.67. The van der Waals surface area contributed by atoms with Crippen LogP contribution < -0.4 is 5.32 Å². The Morgan fingerprint density at radius 3 is 2.61 bits per heavy atom. The highest BCUT2D eigenvalue weighted by Gasteiger charge is 2.27. The van der Waals surface area contributed by atoms with Gasteiger partial charge in [0, 0.05) is 41.7 Å². The van der Waals surface area contributed by atoms with Gasteiger partial charge in [0.1, 0.15) is 0 Å². The zero-order valence-electron chi connectivity index (χ0n) is 15.4. The van der Waals surface area contributed by atoms with Crippen LogP contribution in [0.15, 0.2) is 53.4 Å². The van der Waals surface area contributed by atoms with E-state index in [1.165, 1.54) is 10.4 Å². The highest BCUT2D eigenvalue weighted by molar-refractivity contribution is 7.98. The maximum Gasteiger partial charge on any atom is 0.251 e. The lowest BCUT2D eigenvalue weighted by Crippen LogP contribution is -2.29. The van der Waals surface area contributed by atoms with E-state index in [2.05, 4.69) is 5.32 Å². The topological polar surface area (TPSA) is 66.5 Å². The lowest BCUT2D eigenvalue weighted by atomic mass is 10.2. The molecule has 0 aliphatic carbocycles. The predicted octanol–water partition coefficient (Wildman–Crippen LogP) is 3.79. The summed E-state index contributed by atoms with van der Waals surface area (Å²) in [5, 5.41) is 3.57. The molecule has 0 aromatic heterocycles. The Morgan fingerprint density at radius 1 is 1.11 bits per heavy atom. The molecule has 150 valence electrons. The second-order valence-electron chi connectivity index (χ2n) is 6.58. The van der Waals surface area contributed by atoms with Gasteiger partial charge in [0.05, 0.1) is 4.90 Å². The second-order valence-corrected chi connectivity index (χ2v) is 10.1. The fourth-order valence-corrected chi connectivity index (χ4v) is 5.61. The summed E-state index contributed by atoms with van der Waals surface area (Å²) < 4.78 is 26.8. The molecule has 3 rings (SSSR count). The number of amides is 1. The molecule has 1 fully saturated rings. The van der Waals surface area contributed by atoms with Gasteiger partial charge >= 0.3 is 0 Å². The Balaban J connectivity index is 1.50. The quantitative estimate of drug-likeness (QED) is 0.637. The molecule has 0 bridgehead atoms. The molecule has 0 saturated carbocycles. The number of nitrogens with one attached hydrogen (secondary N) is 1. The molecule has 1 heterocycles. The summed E-state index contributed by atoms with van der Waals surface area (Å²) in [5.41, 5.74) is 1.50. The van der Waals surface area contributed by atoms with Crippen LogP contribution in [0.3, 0.4) is 0 Å². The zero-order valence-corrected chi connectivity index (χ0v) is 17.8. The standard InChI is InChI=1S/C20H23ClN2O3S2/c21-18-7-3-5-16(13-18)15-27-12-9-22-20(24)17-6-4-8-19(14-17)28(25,26)23-10-1-2-11-23/h3-8,13-14H,1-2,9-12,15H2,(H,22,24). The summed E-state index contributed by atoms with van der Waals surface area (Å²) in [6, 6.07) is 14.0. The molecule has 1 N–H and O–H groups in total. The molecule has 0 spiro atoms. The number of nitrogens with zero attached hydrogens (tertiary/aromatic N) is 1. The summed E-state index contributed by atoms with van der Waals surface area (Å²) in [6.07, 6.45) is 1.76. The van der Waals surface area contributed by atoms with Crippen LogP contribution in [-0.4, -0.2) is 44.0 Å². The van der Waals surface area contributed by atoms with E-state index in [1.54, 1.807) is 30.0 Å². The highest BCUT2D eigenvalue weighted by Crippen LogP contribution is 2.21. The van der Waals surface area contributed by atoms with Crippen molar-refractivity contribution in [1.29, 1.82) is 0 Å². The molecule has 1 aliphatic rings.